The molecular weight excluding hydrogens is 358 g/mol. The molecule has 1 heterocycles. The zero-order chi connectivity index (χ0) is 16.7. The quantitative estimate of drug-likeness (QED) is 0.804. The monoisotopic (exact) mass is 377 g/mol. The van der Waals surface area contributed by atoms with Crippen LogP contribution in [0.3, 0.4) is 0 Å². The number of nitrogens with one attached hydrogen (secondary N) is 2. The largest absolute Gasteiger partial charge is 0.478 e. The Bertz CT molecular complexity index is 647. The number of carbonyl (C=O) groups excluding carboxylic acids is 1. The standard InChI is InChI=1S/C17H20BrN3O2/c1-3-23-16-14(5-4-10-19-16)11-20-17(22)21-12(2)13-6-8-15(18)9-7-13/h4-10,12H,3,11H2,1-2H3,(H2,20,21,22). The number of benzene rings is 1. The molecule has 0 saturated carbocycles. The van der Waals surface area contributed by atoms with Gasteiger partial charge in [-0.15, -0.1) is 0 Å². The number of hydrogen-bond acceptors (Lipinski definition) is 3. The fraction of sp³-hybridized carbons (Fsp3) is 0.294. The van der Waals surface area contributed by atoms with E-state index in [2.05, 4.69) is 31.5 Å². The summed E-state index contributed by atoms with van der Waals surface area (Å²) >= 11 is 3.40. The van der Waals surface area contributed by atoms with Gasteiger partial charge in [0.15, 0.2) is 0 Å². The molecule has 2 aromatic rings. The Hall–Kier alpha value is -2.08. The minimum Gasteiger partial charge on any atom is -0.478 e. The summed E-state index contributed by atoms with van der Waals surface area (Å²) in [6.07, 6.45) is 1.67. The number of halogens is 1. The van der Waals surface area contributed by atoms with Gasteiger partial charge in [-0.2, -0.15) is 0 Å². The highest BCUT2D eigenvalue weighted by molar-refractivity contribution is 9.10. The number of carbonyl (C=O) groups is 1. The molecule has 0 bridgehead atoms. The highest BCUT2D eigenvalue weighted by Gasteiger charge is 2.10. The highest BCUT2D eigenvalue weighted by Crippen LogP contribution is 2.17. The lowest BCUT2D eigenvalue weighted by Gasteiger charge is -2.16. The molecule has 0 aliphatic heterocycles. The molecule has 1 atom stereocenters. The molecule has 1 aromatic heterocycles. The lowest BCUT2D eigenvalue weighted by atomic mass is 10.1. The molecule has 23 heavy (non-hydrogen) atoms. The maximum Gasteiger partial charge on any atom is 0.315 e. The molecule has 122 valence electrons. The van der Waals surface area contributed by atoms with E-state index in [1.54, 1.807) is 6.20 Å². The Kier molecular flexibility index (Phi) is 6.40. The van der Waals surface area contributed by atoms with Crippen LogP contribution in [0.1, 0.15) is 31.0 Å². The fourth-order valence-electron chi connectivity index (χ4n) is 2.08. The molecule has 0 aliphatic rings. The smallest absolute Gasteiger partial charge is 0.315 e. The van der Waals surface area contributed by atoms with E-state index in [-0.39, 0.29) is 12.1 Å². The average molecular weight is 378 g/mol. The average Bonchev–Trinajstić information content (AvgIpc) is 2.55. The molecule has 2 rings (SSSR count). The summed E-state index contributed by atoms with van der Waals surface area (Å²) < 4.78 is 6.46. The Labute approximate surface area is 144 Å². The van der Waals surface area contributed by atoms with Crippen LogP contribution in [0.5, 0.6) is 5.88 Å². The molecule has 6 heteroatoms. The summed E-state index contributed by atoms with van der Waals surface area (Å²) in [7, 11) is 0. The second-order valence-electron chi connectivity index (χ2n) is 5.00. The summed E-state index contributed by atoms with van der Waals surface area (Å²) in [5, 5.41) is 5.74. The first-order valence-electron chi connectivity index (χ1n) is 7.46. The maximum atomic E-state index is 12.0. The Balaban J connectivity index is 1.89. The third-order valence-electron chi connectivity index (χ3n) is 3.29. The van der Waals surface area contributed by atoms with Crippen LogP contribution in [-0.4, -0.2) is 17.6 Å². The number of aromatic nitrogens is 1. The van der Waals surface area contributed by atoms with Gasteiger partial charge in [0.2, 0.25) is 5.88 Å². The van der Waals surface area contributed by atoms with E-state index in [0.29, 0.717) is 19.0 Å². The molecule has 1 aromatic carbocycles. The Morgan fingerprint density at radius 3 is 2.74 bits per heavy atom. The van der Waals surface area contributed by atoms with Crippen molar-refractivity contribution in [2.24, 2.45) is 0 Å². The molecule has 2 N–H and O–H groups in total. The summed E-state index contributed by atoms with van der Waals surface area (Å²) in [5.41, 5.74) is 1.89. The van der Waals surface area contributed by atoms with Crippen molar-refractivity contribution in [2.75, 3.05) is 6.61 Å². The van der Waals surface area contributed by atoms with Crippen molar-refractivity contribution < 1.29 is 9.53 Å². The molecule has 0 spiro atoms. The summed E-state index contributed by atoms with van der Waals surface area (Å²) in [5.74, 6) is 0.552. The van der Waals surface area contributed by atoms with Gasteiger partial charge in [0.1, 0.15) is 0 Å². The van der Waals surface area contributed by atoms with E-state index in [1.165, 1.54) is 0 Å². The number of urea groups is 1. The number of nitrogens with zero attached hydrogens (tertiary/aromatic N) is 1. The minimum absolute atomic E-state index is 0.0802. The molecule has 0 fully saturated rings. The topological polar surface area (TPSA) is 63.2 Å². The van der Waals surface area contributed by atoms with Crippen molar-refractivity contribution >= 4 is 22.0 Å². The Morgan fingerprint density at radius 2 is 2.04 bits per heavy atom. The van der Waals surface area contributed by atoms with E-state index < -0.39 is 0 Å². The number of rotatable bonds is 6. The van der Waals surface area contributed by atoms with Gasteiger partial charge in [-0.05, 0) is 37.6 Å². The zero-order valence-electron chi connectivity index (χ0n) is 13.2. The van der Waals surface area contributed by atoms with Crippen LogP contribution in [0.4, 0.5) is 4.79 Å². The van der Waals surface area contributed by atoms with Crippen LogP contribution < -0.4 is 15.4 Å². The van der Waals surface area contributed by atoms with Crippen LogP contribution in [0, 0.1) is 0 Å². The molecule has 5 nitrogen and oxygen atoms in total. The zero-order valence-corrected chi connectivity index (χ0v) is 14.8. The van der Waals surface area contributed by atoms with Gasteiger partial charge in [0.25, 0.3) is 0 Å². The number of ether oxygens (including phenoxy) is 1. The molecule has 0 saturated heterocycles. The van der Waals surface area contributed by atoms with Crippen molar-refractivity contribution in [3.8, 4) is 5.88 Å². The van der Waals surface area contributed by atoms with Crippen LogP contribution >= 0.6 is 15.9 Å². The number of hydrogen-bond donors (Lipinski definition) is 2. The summed E-state index contributed by atoms with van der Waals surface area (Å²) in [4.78, 5) is 16.2. The van der Waals surface area contributed by atoms with E-state index >= 15 is 0 Å². The molecule has 0 aliphatic carbocycles. The maximum absolute atomic E-state index is 12.0. The third-order valence-corrected chi connectivity index (χ3v) is 3.82. The van der Waals surface area contributed by atoms with Crippen molar-refractivity contribution in [3.63, 3.8) is 0 Å². The van der Waals surface area contributed by atoms with Gasteiger partial charge in [-0.1, -0.05) is 34.1 Å². The second kappa shape index (κ2) is 8.53. The van der Waals surface area contributed by atoms with Crippen LogP contribution in [0.25, 0.3) is 0 Å². The lowest BCUT2D eigenvalue weighted by Crippen LogP contribution is -2.36. The Morgan fingerprint density at radius 1 is 1.30 bits per heavy atom. The predicted molar refractivity (Wildman–Crippen MR) is 93.3 cm³/mol. The summed E-state index contributed by atoms with van der Waals surface area (Å²) in [6, 6.07) is 11.3. The normalized spacial score (nSPS) is 11.6. The van der Waals surface area contributed by atoms with E-state index in [1.807, 2.05) is 50.2 Å². The van der Waals surface area contributed by atoms with Gasteiger partial charge < -0.3 is 15.4 Å². The first kappa shape index (κ1) is 17.3. The van der Waals surface area contributed by atoms with E-state index in [9.17, 15) is 4.79 Å². The van der Waals surface area contributed by atoms with Crippen LogP contribution in [0.2, 0.25) is 0 Å². The lowest BCUT2D eigenvalue weighted by molar-refractivity contribution is 0.237. The van der Waals surface area contributed by atoms with Gasteiger partial charge in [-0.3, -0.25) is 0 Å². The molecule has 0 radical (unpaired) electrons. The van der Waals surface area contributed by atoms with Gasteiger partial charge >= 0.3 is 6.03 Å². The summed E-state index contributed by atoms with van der Waals surface area (Å²) in [6.45, 7) is 4.75. The van der Waals surface area contributed by atoms with Crippen molar-refractivity contribution in [1.29, 1.82) is 0 Å². The van der Waals surface area contributed by atoms with Gasteiger partial charge in [0, 0.05) is 22.8 Å². The molecule has 1 unspecified atom stereocenters. The van der Waals surface area contributed by atoms with Crippen LogP contribution in [0.15, 0.2) is 47.1 Å². The second-order valence-corrected chi connectivity index (χ2v) is 5.92. The minimum atomic E-state index is -0.230. The van der Waals surface area contributed by atoms with Gasteiger partial charge in [-0.25, -0.2) is 9.78 Å². The first-order valence-corrected chi connectivity index (χ1v) is 8.26. The third kappa shape index (κ3) is 5.25. The SMILES string of the molecule is CCOc1ncccc1CNC(=O)NC(C)c1ccc(Br)cc1. The fourth-order valence-corrected chi connectivity index (χ4v) is 2.35. The predicted octanol–water partition coefficient (Wildman–Crippen LogP) is 3.80. The van der Waals surface area contributed by atoms with Crippen molar-refractivity contribution in [1.82, 2.24) is 15.6 Å². The van der Waals surface area contributed by atoms with E-state index in [4.69, 9.17) is 4.74 Å². The molecule has 2 amide bonds. The molecular formula is C17H20BrN3O2. The van der Waals surface area contributed by atoms with E-state index in [0.717, 1.165) is 15.6 Å². The number of pyridine rings is 1. The van der Waals surface area contributed by atoms with Gasteiger partial charge in [0.05, 0.1) is 12.6 Å². The van der Waals surface area contributed by atoms with Crippen molar-refractivity contribution in [2.45, 2.75) is 26.4 Å². The van der Waals surface area contributed by atoms with Crippen molar-refractivity contribution in [3.05, 3.63) is 58.2 Å². The highest BCUT2D eigenvalue weighted by atomic mass is 79.9. The van der Waals surface area contributed by atoms with Crippen LogP contribution in [-0.2, 0) is 6.54 Å². The first-order chi connectivity index (χ1) is 11.1. The number of amides is 2.